The van der Waals surface area contributed by atoms with Crippen molar-refractivity contribution in [2.45, 2.75) is 18.5 Å². The Bertz CT molecular complexity index is 2940. The molecule has 51 heavy (non-hydrogen) atoms. The van der Waals surface area contributed by atoms with Gasteiger partial charge in [-0.25, -0.2) is 0 Å². The van der Waals surface area contributed by atoms with Gasteiger partial charge in [-0.1, -0.05) is 115 Å². The molecule has 0 radical (unpaired) electrons. The predicted molar refractivity (Wildman–Crippen MR) is 204 cm³/mol. The zero-order valence-electron chi connectivity index (χ0n) is 27.4. The SMILES string of the molecule is c1ccc(C2NC(c3ccc4oc5ccccc5c4c3)NC(c3cccc4c3oc3c(-c5ccc6c(c5)oc5ccccc56)cccc34)N2)cc1. The lowest BCUT2D eigenvalue weighted by Gasteiger charge is -2.39. The summed E-state index contributed by atoms with van der Waals surface area (Å²) in [5.74, 6) is 0. The number of rotatable bonds is 4. The average molecular weight is 662 g/mol. The molecule has 0 amide bonds. The van der Waals surface area contributed by atoms with Gasteiger partial charge in [0.25, 0.3) is 0 Å². The van der Waals surface area contributed by atoms with Crippen molar-refractivity contribution in [2.24, 2.45) is 0 Å². The van der Waals surface area contributed by atoms with Gasteiger partial charge in [-0.15, -0.1) is 0 Å². The third-order valence-corrected chi connectivity index (χ3v) is 10.4. The Labute approximate surface area is 292 Å². The zero-order chi connectivity index (χ0) is 33.5. The second-order valence-corrected chi connectivity index (χ2v) is 13.4. The first-order valence-electron chi connectivity index (χ1n) is 17.4. The van der Waals surface area contributed by atoms with Crippen LogP contribution in [0, 0.1) is 0 Å². The highest BCUT2D eigenvalue weighted by Crippen LogP contribution is 2.41. The van der Waals surface area contributed by atoms with Crippen LogP contribution in [0.2, 0.25) is 0 Å². The quantitative estimate of drug-likeness (QED) is 0.174. The van der Waals surface area contributed by atoms with Gasteiger partial charge in [-0.2, -0.15) is 0 Å². The van der Waals surface area contributed by atoms with E-state index < -0.39 is 0 Å². The largest absolute Gasteiger partial charge is 0.456 e. The summed E-state index contributed by atoms with van der Waals surface area (Å²) in [5, 5.41) is 18.2. The number of furan rings is 3. The van der Waals surface area contributed by atoms with E-state index in [1.54, 1.807) is 0 Å². The Kier molecular flexibility index (Phi) is 6.27. The summed E-state index contributed by atoms with van der Waals surface area (Å²) < 4.78 is 19.3. The molecule has 6 nitrogen and oxygen atoms in total. The molecule has 0 aliphatic carbocycles. The molecule has 3 atom stereocenters. The topological polar surface area (TPSA) is 75.5 Å². The van der Waals surface area contributed by atoms with Crippen molar-refractivity contribution in [3.8, 4) is 11.1 Å². The molecular formula is C45H31N3O3. The van der Waals surface area contributed by atoms with Crippen molar-refractivity contribution in [1.82, 2.24) is 16.0 Å². The van der Waals surface area contributed by atoms with Crippen LogP contribution >= 0.6 is 0 Å². The third kappa shape index (κ3) is 4.55. The fourth-order valence-corrected chi connectivity index (χ4v) is 7.97. The van der Waals surface area contributed by atoms with Crippen LogP contribution in [0.1, 0.15) is 35.2 Å². The van der Waals surface area contributed by atoms with E-state index in [1.165, 1.54) is 0 Å². The average Bonchev–Trinajstić information content (AvgIpc) is 3.88. The molecule has 1 fully saturated rings. The van der Waals surface area contributed by atoms with Gasteiger partial charge < -0.3 is 13.3 Å². The van der Waals surface area contributed by atoms with E-state index in [2.05, 4.69) is 137 Å². The van der Waals surface area contributed by atoms with Gasteiger partial charge in [0, 0.05) is 43.4 Å². The molecule has 6 heteroatoms. The van der Waals surface area contributed by atoms with E-state index in [-0.39, 0.29) is 18.5 Å². The molecule has 1 aliphatic heterocycles. The smallest absolute Gasteiger partial charge is 0.143 e. The van der Waals surface area contributed by atoms with Gasteiger partial charge in [0.15, 0.2) is 0 Å². The summed E-state index contributed by atoms with van der Waals surface area (Å²) >= 11 is 0. The minimum atomic E-state index is -0.224. The number of hydrogen-bond acceptors (Lipinski definition) is 6. The van der Waals surface area contributed by atoms with E-state index in [4.69, 9.17) is 13.3 Å². The summed E-state index contributed by atoms with van der Waals surface area (Å²) in [7, 11) is 0. The van der Waals surface area contributed by atoms with Crippen LogP contribution in [-0.4, -0.2) is 0 Å². The number of hydrogen-bond donors (Lipinski definition) is 3. The highest BCUT2D eigenvalue weighted by Gasteiger charge is 2.32. The highest BCUT2D eigenvalue weighted by atomic mass is 16.3. The van der Waals surface area contributed by atoms with Gasteiger partial charge in [0.2, 0.25) is 0 Å². The van der Waals surface area contributed by atoms with Crippen LogP contribution in [-0.2, 0) is 0 Å². The summed E-state index contributed by atoms with van der Waals surface area (Å²) in [4.78, 5) is 0. The standard InChI is InChI=1S/C45H31N3O3/c1-2-10-26(11-3-1)43-46-44(28-21-23-39-36(24-28)31-13-5-7-19-38(31)49-39)48-45(47-43)35-17-9-16-34-33-15-8-14-29(41(33)51-42(34)35)27-20-22-32-30-12-4-6-18-37(30)50-40(32)25-27/h1-25,43-48H. The molecule has 1 aliphatic rings. The van der Waals surface area contributed by atoms with E-state index in [1.807, 2.05) is 30.3 Å². The van der Waals surface area contributed by atoms with E-state index in [9.17, 15) is 0 Å². The summed E-state index contributed by atoms with van der Waals surface area (Å²) in [6.45, 7) is 0. The number of fused-ring (bicyclic) bond motifs is 9. The highest BCUT2D eigenvalue weighted by molar-refractivity contribution is 6.12. The van der Waals surface area contributed by atoms with E-state index in [0.29, 0.717) is 0 Å². The zero-order valence-corrected chi connectivity index (χ0v) is 27.4. The first-order chi connectivity index (χ1) is 25.2. The van der Waals surface area contributed by atoms with Crippen LogP contribution < -0.4 is 16.0 Å². The molecule has 244 valence electrons. The van der Waals surface area contributed by atoms with Gasteiger partial charge in [-0.3, -0.25) is 16.0 Å². The van der Waals surface area contributed by atoms with Gasteiger partial charge >= 0.3 is 0 Å². The Hall–Kier alpha value is -6.18. The first kappa shape index (κ1) is 28.6. The molecule has 0 spiro atoms. The summed E-state index contributed by atoms with van der Waals surface area (Å²) in [6.07, 6.45) is -0.506. The van der Waals surface area contributed by atoms with Crippen LogP contribution in [0.5, 0.6) is 0 Å². The molecule has 3 N–H and O–H groups in total. The van der Waals surface area contributed by atoms with Crippen LogP contribution in [0.15, 0.2) is 165 Å². The summed E-state index contributed by atoms with van der Waals surface area (Å²) in [6, 6.07) is 52.7. The normalized spacial score (nSPS) is 18.2. The van der Waals surface area contributed by atoms with Crippen molar-refractivity contribution >= 4 is 65.8 Å². The maximum absolute atomic E-state index is 6.93. The minimum Gasteiger partial charge on any atom is -0.456 e. The molecule has 11 rings (SSSR count). The predicted octanol–water partition coefficient (Wildman–Crippen LogP) is 11.2. The second-order valence-electron chi connectivity index (χ2n) is 13.4. The van der Waals surface area contributed by atoms with Crippen molar-refractivity contribution in [1.29, 1.82) is 0 Å². The maximum atomic E-state index is 6.93. The molecule has 0 saturated carbocycles. The number of para-hydroxylation sites is 4. The van der Waals surface area contributed by atoms with Crippen molar-refractivity contribution in [3.05, 3.63) is 168 Å². The lowest BCUT2D eigenvalue weighted by atomic mass is 9.99. The Morgan fingerprint density at radius 1 is 0.353 bits per heavy atom. The summed E-state index contributed by atoms with van der Waals surface area (Å²) in [5.41, 5.74) is 10.7. The molecular weight excluding hydrogens is 631 g/mol. The molecule has 4 heterocycles. The van der Waals surface area contributed by atoms with Gasteiger partial charge in [-0.05, 0) is 53.1 Å². The lowest BCUT2D eigenvalue weighted by Crippen LogP contribution is -2.54. The van der Waals surface area contributed by atoms with Gasteiger partial charge in [0.05, 0.1) is 18.5 Å². The Balaban J connectivity index is 1.03. The maximum Gasteiger partial charge on any atom is 0.143 e. The Morgan fingerprint density at radius 2 is 0.961 bits per heavy atom. The molecule has 3 aromatic heterocycles. The van der Waals surface area contributed by atoms with Crippen LogP contribution in [0.3, 0.4) is 0 Å². The molecule has 10 aromatic rings. The van der Waals surface area contributed by atoms with E-state index in [0.717, 1.165) is 93.6 Å². The Morgan fingerprint density at radius 3 is 1.78 bits per heavy atom. The fourth-order valence-electron chi connectivity index (χ4n) is 7.97. The third-order valence-electron chi connectivity index (χ3n) is 10.4. The van der Waals surface area contributed by atoms with E-state index >= 15 is 0 Å². The lowest BCUT2D eigenvalue weighted by molar-refractivity contribution is 0.203. The first-order valence-corrected chi connectivity index (χ1v) is 17.4. The van der Waals surface area contributed by atoms with Gasteiger partial charge in [0.1, 0.15) is 33.5 Å². The fraction of sp³-hybridized carbons (Fsp3) is 0.0667. The molecule has 0 bridgehead atoms. The molecule has 3 unspecified atom stereocenters. The van der Waals surface area contributed by atoms with Crippen LogP contribution in [0.25, 0.3) is 76.9 Å². The number of nitrogens with one attached hydrogen (secondary N) is 3. The van der Waals surface area contributed by atoms with Crippen molar-refractivity contribution in [3.63, 3.8) is 0 Å². The van der Waals surface area contributed by atoms with Crippen LogP contribution in [0.4, 0.5) is 0 Å². The van der Waals surface area contributed by atoms with Crippen molar-refractivity contribution < 1.29 is 13.3 Å². The number of benzene rings is 7. The van der Waals surface area contributed by atoms with Crippen molar-refractivity contribution in [2.75, 3.05) is 0 Å². The molecule has 7 aromatic carbocycles. The molecule has 1 saturated heterocycles. The minimum absolute atomic E-state index is 0.120. The monoisotopic (exact) mass is 661 g/mol. The second kappa shape index (κ2) is 11.2.